The fourth-order valence-corrected chi connectivity index (χ4v) is 5.21. The Morgan fingerprint density at radius 1 is 0.829 bits per heavy atom. The van der Waals surface area contributed by atoms with Crippen molar-refractivity contribution in [2.24, 2.45) is 5.92 Å². The van der Waals surface area contributed by atoms with E-state index in [4.69, 9.17) is 4.74 Å². The molecule has 2 N–H and O–H groups in total. The summed E-state index contributed by atoms with van der Waals surface area (Å²) in [7, 11) is 0. The van der Waals surface area contributed by atoms with Gasteiger partial charge in [0.1, 0.15) is 18.7 Å². The average Bonchev–Trinajstić information content (AvgIpc) is 3.38. The second kappa shape index (κ2) is 13.1. The SMILES string of the molecule is CC(C)[C@H](NC(=O)C(CC=Cc1cccc2c1Cc1ccccc1-2)Nc1ccccc1)C(=O)OCc1ccccc1. The molecule has 1 aliphatic rings. The third-order valence-corrected chi connectivity index (χ3v) is 7.43. The minimum atomic E-state index is -0.758. The molecule has 5 heteroatoms. The molecule has 5 rings (SSSR count). The zero-order valence-corrected chi connectivity index (χ0v) is 23.5. The fraction of sp³-hybridized carbons (Fsp3) is 0.222. The second-order valence-corrected chi connectivity index (χ2v) is 10.7. The van der Waals surface area contributed by atoms with E-state index in [2.05, 4.69) is 59.2 Å². The number of hydrogen-bond acceptors (Lipinski definition) is 4. The molecule has 0 bridgehead atoms. The largest absolute Gasteiger partial charge is 0.459 e. The second-order valence-electron chi connectivity index (χ2n) is 10.7. The molecule has 5 nitrogen and oxygen atoms in total. The van der Waals surface area contributed by atoms with Crippen LogP contribution in [0.15, 0.2) is 109 Å². The van der Waals surface area contributed by atoms with E-state index in [1.54, 1.807) is 0 Å². The standard InChI is InChI=1S/C36H36N2O3/c1-25(2)34(36(40)41-24-26-13-5-3-6-14-26)38-35(39)33(37-29-18-7-4-8-19-29)22-12-17-27-16-11-21-31-30-20-10-9-15-28(30)23-32(27)31/h3-21,25,33-34,37H,22-24H2,1-2H3,(H,38,39)/t33?,34-/m0/s1. The summed E-state index contributed by atoms with van der Waals surface area (Å²) in [6, 6.07) is 32.8. The number of esters is 1. The summed E-state index contributed by atoms with van der Waals surface area (Å²) in [6.45, 7) is 3.98. The number of nitrogens with one attached hydrogen (secondary N) is 2. The van der Waals surface area contributed by atoms with Crippen LogP contribution in [0.4, 0.5) is 5.69 Å². The molecule has 1 amide bonds. The van der Waals surface area contributed by atoms with Crippen molar-refractivity contribution in [3.8, 4) is 11.1 Å². The smallest absolute Gasteiger partial charge is 0.329 e. The van der Waals surface area contributed by atoms with Crippen LogP contribution in [0.25, 0.3) is 17.2 Å². The number of anilines is 1. The molecule has 0 saturated heterocycles. The van der Waals surface area contributed by atoms with Crippen LogP contribution in [0.3, 0.4) is 0 Å². The van der Waals surface area contributed by atoms with E-state index in [9.17, 15) is 9.59 Å². The quantitative estimate of drug-likeness (QED) is 0.175. The van der Waals surface area contributed by atoms with Gasteiger partial charge in [-0.2, -0.15) is 0 Å². The van der Waals surface area contributed by atoms with Gasteiger partial charge in [-0.25, -0.2) is 4.79 Å². The van der Waals surface area contributed by atoms with Crippen LogP contribution in [0.2, 0.25) is 0 Å². The molecule has 4 aromatic carbocycles. The molecule has 41 heavy (non-hydrogen) atoms. The molecular weight excluding hydrogens is 508 g/mol. The highest BCUT2D eigenvalue weighted by molar-refractivity contribution is 5.89. The van der Waals surface area contributed by atoms with Crippen molar-refractivity contribution >= 4 is 23.6 Å². The summed E-state index contributed by atoms with van der Waals surface area (Å²) in [5.74, 6) is -0.825. The van der Waals surface area contributed by atoms with Gasteiger partial charge in [-0.15, -0.1) is 0 Å². The molecule has 0 aliphatic heterocycles. The molecule has 4 aromatic rings. The first-order valence-corrected chi connectivity index (χ1v) is 14.2. The summed E-state index contributed by atoms with van der Waals surface area (Å²) in [4.78, 5) is 26.6. The molecule has 2 atom stereocenters. The monoisotopic (exact) mass is 544 g/mol. The van der Waals surface area contributed by atoms with Crippen LogP contribution in [0.1, 0.15) is 42.5 Å². The Hall–Kier alpha value is -4.64. The van der Waals surface area contributed by atoms with E-state index in [-0.39, 0.29) is 18.4 Å². The van der Waals surface area contributed by atoms with E-state index >= 15 is 0 Å². The van der Waals surface area contributed by atoms with Crippen molar-refractivity contribution < 1.29 is 14.3 Å². The van der Waals surface area contributed by atoms with Gasteiger partial charge in [0, 0.05) is 5.69 Å². The maximum absolute atomic E-state index is 13.6. The van der Waals surface area contributed by atoms with Crippen molar-refractivity contribution in [3.63, 3.8) is 0 Å². The fourth-order valence-electron chi connectivity index (χ4n) is 5.21. The number of para-hydroxylation sites is 1. The van der Waals surface area contributed by atoms with Crippen molar-refractivity contribution in [1.82, 2.24) is 5.32 Å². The van der Waals surface area contributed by atoms with Gasteiger partial charge in [0.2, 0.25) is 5.91 Å². The third-order valence-electron chi connectivity index (χ3n) is 7.43. The number of carbonyl (C=O) groups excluding carboxylic acids is 2. The molecule has 0 radical (unpaired) electrons. The maximum Gasteiger partial charge on any atom is 0.329 e. The molecule has 0 saturated carbocycles. The lowest BCUT2D eigenvalue weighted by molar-refractivity contribution is -0.150. The van der Waals surface area contributed by atoms with Crippen LogP contribution >= 0.6 is 0 Å². The van der Waals surface area contributed by atoms with E-state index < -0.39 is 18.1 Å². The first kappa shape index (κ1) is 27.9. The van der Waals surface area contributed by atoms with Gasteiger partial charge in [0.05, 0.1) is 0 Å². The van der Waals surface area contributed by atoms with Crippen LogP contribution in [0.5, 0.6) is 0 Å². The summed E-state index contributed by atoms with van der Waals surface area (Å²) in [6.07, 6.45) is 5.49. The highest BCUT2D eigenvalue weighted by Gasteiger charge is 2.29. The van der Waals surface area contributed by atoms with Crippen molar-refractivity contribution in [2.75, 3.05) is 5.32 Å². The van der Waals surface area contributed by atoms with Gasteiger partial charge < -0.3 is 15.4 Å². The zero-order valence-electron chi connectivity index (χ0n) is 23.5. The third kappa shape index (κ3) is 6.93. The van der Waals surface area contributed by atoms with Gasteiger partial charge in [-0.3, -0.25) is 4.79 Å². The Kier molecular flexibility index (Phi) is 8.95. The Bertz CT molecular complexity index is 1510. The molecule has 0 aromatic heterocycles. The van der Waals surface area contributed by atoms with Crippen molar-refractivity contribution in [1.29, 1.82) is 0 Å². The Morgan fingerprint density at radius 2 is 1.51 bits per heavy atom. The van der Waals surface area contributed by atoms with Crippen LogP contribution in [-0.4, -0.2) is 24.0 Å². The minimum absolute atomic E-state index is 0.135. The van der Waals surface area contributed by atoms with E-state index in [0.717, 1.165) is 23.2 Å². The predicted octanol–water partition coefficient (Wildman–Crippen LogP) is 7.03. The Labute approximate surface area is 242 Å². The lowest BCUT2D eigenvalue weighted by Gasteiger charge is -2.25. The predicted molar refractivity (Wildman–Crippen MR) is 165 cm³/mol. The summed E-state index contributed by atoms with van der Waals surface area (Å²) < 4.78 is 5.57. The van der Waals surface area contributed by atoms with Gasteiger partial charge in [-0.05, 0) is 64.3 Å². The number of hydrogen-bond donors (Lipinski definition) is 2. The van der Waals surface area contributed by atoms with Crippen molar-refractivity contribution in [2.45, 2.75) is 45.4 Å². The molecule has 1 aliphatic carbocycles. The average molecular weight is 545 g/mol. The van der Waals surface area contributed by atoms with Crippen LogP contribution in [-0.2, 0) is 27.4 Å². The topological polar surface area (TPSA) is 67.4 Å². The highest BCUT2D eigenvalue weighted by atomic mass is 16.5. The molecular formula is C36H36N2O3. The van der Waals surface area contributed by atoms with E-state index in [1.807, 2.05) is 80.6 Å². The summed E-state index contributed by atoms with van der Waals surface area (Å²) in [5, 5.41) is 6.32. The van der Waals surface area contributed by atoms with Gasteiger partial charge in [-0.1, -0.05) is 117 Å². The normalized spacial score (nSPS) is 13.3. The minimum Gasteiger partial charge on any atom is -0.459 e. The first-order chi connectivity index (χ1) is 20.0. The van der Waals surface area contributed by atoms with Gasteiger partial charge >= 0.3 is 5.97 Å². The maximum atomic E-state index is 13.6. The molecule has 208 valence electrons. The highest BCUT2D eigenvalue weighted by Crippen LogP contribution is 2.38. The van der Waals surface area contributed by atoms with Crippen LogP contribution in [0, 0.1) is 5.92 Å². The first-order valence-electron chi connectivity index (χ1n) is 14.2. The number of fused-ring (bicyclic) bond motifs is 3. The number of benzene rings is 4. The Morgan fingerprint density at radius 3 is 2.27 bits per heavy atom. The lowest BCUT2D eigenvalue weighted by atomic mass is 10.00. The van der Waals surface area contributed by atoms with Gasteiger partial charge in [0.25, 0.3) is 0 Å². The lowest BCUT2D eigenvalue weighted by Crippen LogP contribution is -2.50. The number of amides is 1. The zero-order chi connectivity index (χ0) is 28.6. The molecule has 1 unspecified atom stereocenters. The number of rotatable bonds is 11. The number of carbonyl (C=O) groups is 2. The van der Waals surface area contributed by atoms with Gasteiger partial charge in [0.15, 0.2) is 0 Å². The van der Waals surface area contributed by atoms with Crippen LogP contribution < -0.4 is 10.6 Å². The van der Waals surface area contributed by atoms with Crippen molar-refractivity contribution in [3.05, 3.63) is 131 Å². The molecule has 0 heterocycles. The Balaban J connectivity index is 1.30. The molecule has 0 spiro atoms. The summed E-state index contributed by atoms with van der Waals surface area (Å²) in [5.41, 5.74) is 8.10. The van der Waals surface area contributed by atoms with E-state index in [1.165, 1.54) is 22.3 Å². The number of ether oxygens (including phenoxy) is 1. The summed E-state index contributed by atoms with van der Waals surface area (Å²) >= 11 is 0. The molecule has 0 fully saturated rings. The van der Waals surface area contributed by atoms with E-state index in [0.29, 0.717) is 6.42 Å².